The first-order valence-electron chi connectivity index (χ1n) is 7.25. The molecule has 0 aliphatic heterocycles. The maximum atomic E-state index is 12.1. The van der Waals surface area contributed by atoms with Crippen LogP contribution in [0.3, 0.4) is 0 Å². The Morgan fingerprint density at radius 3 is 2.52 bits per heavy atom. The average Bonchev–Trinajstić information content (AvgIpc) is 2.51. The van der Waals surface area contributed by atoms with E-state index in [1.54, 1.807) is 18.2 Å². The molecule has 122 valence electrons. The third-order valence-corrected chi connectivity index (χ3v) is 3.89. The van der Waals surface area contributed by atoms with Crippen LogP contribution in [0.5, 0.6) is 11.5 Å². The summed E-state index contributed by atoms with van der Waals surface area (Å²) in [6.07, 6.45) is 0. The minimum absolute atomic E-state index is 0.0825. The first-order chi connectivity index (χ1) is 10.9. The molecule has 2 aromatic carbocycles. The minimum atomic E-state index is -0.272. The normalized spacial score (nSPS) is 10.3. The van der Waals surface area contributed by atoms with Crippen molar-refractivity contribution in [3.8, 4) is 11.5 Å². The number of aryl methyl sites for hydroxylation is 2. The van der Waals surface area contributed by atoms with Crippen molar-refractivity contribution in [2.75, 3.05) is 19.0 Å². The number of amides is 1. The number of nitrogens with one attached hydrogen (secondary N) is 1. The molecule has 0 atom stereocenters. The molecule has 0 unspecified atom stereocenters. The molecule has 0 fully saturated rings. The highest BCUT2D eigenvalue weighted by Gasteiger charge is 2.11. The Morgan fingerprint density at radius 2 is 1.83 bits per heavy atom. The van der Waals surface area contributed by atoms with Crippen molar-refractivity contribution in [2.24, 2.45) is 0 Å². The zero-order valence-corrected chi connectivity index (χ0v) is 14.5. The number of hydrogen-bond donors (Lipinski definition) is 1. The van der Waals surface area contributed by atoms with Crippen molar-refractivity contribution in [3.63, 3.8) is 0 Å². The second-order valence-electron chi connectivity index (χ2n) is 5.33. The smallest absolute Gasteiger partial charge is 0.262 e. The van der Waals surface area contributed by atoms with Gasteiger partial charge >= 0.3 is 0 Å². The van der Waals surface area contributed by atoms with Gasteiger partial charge in [-0.05, 0) is 55.7 Å². The van der Waals surface area contributed by atoms with Crippen LogP contribution in [0.2, 0.25) is 5.02 Å². The van der Waals surface area contributed by atoms with Crippen LogP contribution in [0.4, 0.5) is 5.69 Å². The van der Waals surface area contributed by atoms with Crippen LogP contribution in [0, 0.1) is 20.8 Å². The zero-order valence-electron chi connectivity index (χ0n) is 13.7. The summed E-state index contributed by atoms with van der Waals surface area (Å²) >= 11 is 5.95. The Balaban J connectivity index is 2.07. The molecule has 0 aliphatic carbocycles. The van der Waals surface area contributed by atoms with Gasteiger partial charge in [0.1, 0.15) is 11.5 Å². The Morgan fingerprint density at radius 1 is 1.13 bits per heavy atom. The summed E-state index contributed by atoms with van der Waals surface area (Å²) < 4.78 is 10.9. The third-order valence-electron chi connectivity index (χ3n) is 3.66. The lowest BCUT2D eigenvalue weighted by molar-refractivity contribution is -0.118. The zero-order chi connectivity index (χ0) is 17.0. The van der Waals surface area contributed by atoms with Gasteiger partial charge in [0.2, 0.25) is 0 Å². The summed E-state index contributed by atoms with van der Waals surface area (Å²) in [5.74, 6) is 1.02. The number of methoxy groups -OCH3 is 1. The van der Waals surface area contributed by atoms with E-state index < -0.39 is 0 Å². The van der Waals surface area contributed by atoms with E-state index >= 15 is 0 Å². The molecule has 4 nitrogen and oxygen atoms in total. The van der Waals surface area contributed by atoms with Crippen molar-refractivity contribution in [1.82, 2.24) is 0 Å². The minimum Gasteiger partial charge on any atom is -0.495 e. The fourth-order valence-electron chi connectivity index (χ4n) is 2.25. The Bertz CT molecular complexity index is 728. The highest BCUT2D eigenvalue weighted by atomic mass is 35.5. The van der Waals surface area contributed by atoms with Gasteiger partial charge in [-0.2, -0.15) is 0 Å². The van der Waals surface area contributed by atoms with E-state index in [0.29, 0.717) is 16.5 Å². The molecule has 0 aromatic heterocycles. The number of hydrogen-bond acceptors (Lipinski definition) is 3. The molecule has 23 heavy (non-hydrogen) atoms. The van der Waals surface area contributed by atoms with E-state index in [1.807, 2.05) is 32.9 Å². The van der Waals surface area contributed by atoms with Crippen LogP contribution in [-0.2, 0) is 4.79 Å². The van der Waals surface area contributed by atoms with Crippen molar-refractivity contribution in [3.05, 3.63) is 52.0 Å². The number of rotatable bonds is 5. The lowest BCUT2D eigenvalue weighted by atomic mass is 10.1. The van der Waals surface area contributed by atoms with Gasteiger partial charge in [0, 0.05) is 5.02 Å². The topological polar surface area (TPSA) is 47.6 Å². The molecule has 0 heterocycles. The molecule has 0 radical (unpaired) electrons. The average molecular weight is 334 g/mol. The first kappa shape index (κ1) is 17.2. The van der Waals surface area contributed by atoms with Gasteiger partial charge in [0.15, 0.2) is 6.61 Å². The number of ether oxygens (including phenoxy) is 2. The van der Waals surface area contributed by atoms with Gasteiger partial charge in [-0.15, -0.1) is 0 Å². The summed E-state index contributed by atoms with van der Waals surface area (Å²) in [4.78, 5) is 12.1. The van der Waals surface area contributed by atoms with Crippen molar-refractivity contribution in [2.45, 2.75) is 20.8 Å². The van der Waals surface area contributed by atoms with E-state index in [1.165, 1.54) is 7.11 Å². The standard InChI is InChI=1S/C18H20ClNO3/c1-11-5-6-12(2)18(13(11)3)23-10-17(21)20-15-9-14(19)7-8-16(15)22-4/h5-9H,10H2,1-4H3,(H,20,21). The van der Waals surface area contributed by atoms with Crippen molar-refractivity contribution in [1.29, 1.82) is 0 Å². The fraction of sp³-hybridized carbons (Fsp3) is 0.278. The number of carbonyl (C=O) groups excluding carboxylic acids is 1. The van der Waals surface area contributed by atoms with Gasteiger partial charge < -0.3 is 14.8 Å². The maximum Gasteiger partial charge on any atom is 0.262 e. The SMILES string of the molecule is COc1ccc(Cl)cc1NC(=O)COc1c(C)ccc(C)c1C. The molecule has 0 saturated heterocycles. The molecule has 5 heteroatoms. The monoisotopic (exact) mass is 333 g/mol. The van der Waals surface area contributed by atoms with Crippen LogP contribution in [0.25, 0.3) is 0 Å². The number of halogens is 1. The predicted molar refractivity (Wildman–Crippen MR) is 92.8 cm³/mol. The van der Waals surface area contributed by atoms with Crippen LogP contribution in [0.15, 0.2) is 30.3 Å². The molecular weight excluding hydrogens is 314 g/mol. The van der Waals surface area contributed by atoms with Gasteiger partial charge in [-0.1, -0.05) is 23.7 Å². The third kappa shape index (κ3) is 4.17. The second-order valence-corrected chi connectivity index (χ2v) is 5.77. The summed E-state index contributed by atoms with van der Waals surface area (Å²) in [7, 11) is 1.54. The van der Waals surface area contributed by atoms with Crippen LogP contribution >= 0.6 is 11.6 Å². The molecule has 2 rings (SSSR count). The summed E-state index contributed by atoms with van der Waals surface area (Å²) in [6, 6.07) is 9.06. The molecular formula is C18H20ClNO3. The van der Waals surface area contributed by atoms with Gasteiger partial charge in [-0.25, -0.2) is 0 Å². The highest BCUT2D eigenvalue weighted by molar-refractivity contribution is 6.31. The number of carbonyl (C=O) groups is 1. The molecule has 1 amide bonds. The summed E-state index contributed by atoms with van der Waals surface area (Å²) in [6.45, 7) is 5.87. The molecule has 1 N–H and O–H groups in total. The predicted octanol–water partition coefficient (Wildman–Crippen LogP) is 4.29. The molecule has 2 aromatic rings. The quantitative estimate of drug-likeness (QED) is 0.887. The highest BCUT2D eigenvalue weighted by Crippen LogP contribution is 2.28. The first-order valence-corrected chi connectivity index (χ1v) is 7.63. The van der Waals surface area contributed by atoms with E-state index in [9.17, 15) is 4.79 Å². The number of anilines is 1. The second kappa shape index (κ2) is 7.38. The molecule has 0 bridgehead atoms. The van der Waals surface area contributed by atoms with E-state index in [-0.39, 0.29) is 12.5 Å². The number of benzene rings is 2. The Kier molecular flexibility index (Phi) is 5.50. The van der Waals surface area contributed by atoms with Gasteiger partial charge in [-0.3, -0.25) is 4.79 Å². The summed E-state index contributed by atoms with van der Waals surface area (Å²) in [5, 5.41) is 3.27. The van der Waals surface area contributed by atoms with Crippen molar-refractivity contribution >= 4 is 23.2 Å². The summed E-state index contributed by atoms with van der Waals surface area (Å²) in [5.41, 5.74) is 3.69. The van der Waals surface area contributed by atoms with Crippen LogP contribution in [-0.4, -0.2) is 19.6 Å². The van der Waals surface area contributed by atoms with E-state index in [0.717, 1.165) is 22.4 Å². The lowest BCUT2D eigenvalue weighted by Crippen LogP contribution is -2.21. The largest absolute Gasteiger partial charge is 0.495 e. The van der Waals surface area contributed by atoms with Crippen LogP contribution in [0.1, 0.15) is 16.7 Å². The Hall–Kier alpha value is -2.20. The van der Waals surface area contributed by atoms with Gasteiger partial charge in [0.05, 0.1) is 12.8 Å². The van der Waals surface area contributed by atoms with E-state index in [2.05, 4.69) is 5.32 Å². The van der Waals surface area contributed by atoms with Crippen LogP contribution < -0.4 is 14.8 Å². The van der Waals surface area contributed by atoms with E-state index in [4.69, 9.17) is 21.1 Å². The Labute approximate surface area is 141 Å². The molecule has 0 saturated carbocycles. The molecule has 0 aliphatic rings. The van der Waals surface area contributed by atoms with Crippen molar-refractivity contribution < 1.29 is 14.3 Å². The maximum absolute atomic E-state index is 12.1. The lowest BCUT2D eigenvalue weighted by Gasteiger charge is -2.14. The van der Waals surface area contributed by atoms with Gasteiger partial charge in [0.25, 0.3) is 5.91 Å². The molecule has 0 spiro atoms. The fourth-order valence-corrected chi connectivity index (χ4v) is 2.42.